The maximum atomic E-state index is 12.4. The summed E-state index contributed by atoms with van der Waals surface area (Å²) in [6, 6.07) is 7.37. The molecule has 1 saturated carbocycles. The standard InChI is InChI=1S/C14H22N2O3S/c1-15-13(10-19-2)9-11-5-3-4-6-14(11)20(17,18)16-12-7-8-12/h3-6,12-13,15-16H,7-10H2,1-2H3. The fraction of sp³-hybridized carbons (Fsp3) is 0.571. The van der Waals surface area contributed by atoms with Crippen LogP contribution in [0.2, 0.25) is 0 Å². The van der Waals surface area contributed by atoms with E-state index in [1.165, 1.54) is 0 Å². The van der Waals surface area contributed by atoms with Gasteiger partial charge in [-0.2, -0.15) is 0 Å². The van der Waals surface area contributed by atoms with E-state index >= 15 is 0 Å². The van der Waals surface area contributed by atoms with Crippen LogP contribution in [-0.2, 0) is 21.2 Å². The zero-order chi connectivity index (χ0) is 14.6. The highest BCUT2D eigenvalue weighted by molar-refractivity contribution is 7.89. The number of benzene rings is 1. The third-order valence-electron chi connectivity index (χ3n) is 3.40. The molecule has 5 nitrogen and oxygen atoms in total. The van der Waals surface area contributed by atoms with E-state index in [2.05, 4.69) is 10.0 Å². The summed E-state index contributed by atoms with van der Waals surface area (Å²) in [7, 11) is 0.0759. The van der Waals surface area contributed by atoms with Gasteiger partial charge in [-0.25, -0.2) is 13.1 Å². The average Bonchev–Trinajstić information content (AvgIpc) is 3.22. The molecule has 0 aliphatic heterocycles. The summed E-state index contributed by atoms with van der Waals surface area (Å²) >= 11 is 0. The first-order valence-electron chi connectivity index (χ1n) is 6.83. The van der Waals surface area contributed by atoms with Crippen molar-refractivity contribution >= 4 is 10.0 Å². The summed E-state index contributed by atoms with van der Waals surface area (Å²) in [5.74, 6) is 0. The first-order chi connectivity index (χ1) is 9.56. The van der Waals surface area contributed by atoms with E-state index in [9.17, 15) is 8.42 Å². The van der Waals surface area contributed by atoms with E-state index < -0.39 is 10.0 Å². The van der Waals surface area contributed by atoms with Crippen LogP contribution in [0.4, 0.5) is 0 Å². The van der Waals surface area contributed by atoms with Crippen LogP contribution in [0.3, 0.4) is 0 Å². The number of sulfonamides is 1. The molecule has 0 spiro atoms. The number of methoxy groups -OCH3 is 1. The molecule has 1 unspecified atom stereocenters. The normalized spacial score (nSPS) is 17.1. The van der Waals surface area contributed by atoms with Crippen molar-refractivity contribution in [2.45, 2.75) is 36.2 Å². The summed E-state index contributed by atoms with van der Waals surface area (Å²) in [4.78, 5) is 0.378. The highest BCUT2D eigenvalue weighted by Crippen LogP contribution is 2.24. The number of likely N-dealkylation sites (N-methyl/N-ethyl adjacent to an activating group) is 1. The molecule has 1 aliphatic carbocycles. The summed E-state index contributed by atoms with van der Waals surface area (Å²) < 4.78 is 32.6. The van der Waals surface area contributed by atoms with E-state index in [1.807, 2.05) is 19.2 Å². The lowest BCUT2D eigenvalue weighted by Gasteiger charge is -2.17. The van der Waals surface area contributed by atoms with Gasteiger partial charge >= 0.3 is 0 Å². The molecule has 2 rings (SSSR count). The predicted molar refractivity (Wildman–Crippen MR) is 78.2 cm³/mol. The van der Waals surface area contributed by atoms with Crippen molar-refractivity contribution < 1.29 is 13.2 Å². The summed E-state index contributed by atoms with van der Waals surface area (Å²) in [6.45, 7) is 0.543. The van der Waals surface area contributed by atoms with Crippen LogP contribution >= 0.6 is 0 Å². The molecule has 0 bridgehead atoms. The largest absolute Gasteiger partial charge is 0.383 e. The van der Waals surface area contributed by atoms with Crippen molar-refractivity contribution in [2.75, 3.05) is 20.8 Å². The smallest absolute Gasteiger partial charge is 0.241 e. The lowest BCUT2D eigenvalue weighted by atomic mass is 10.1. The second-order valence-electron chi connectivity index (χ2n) is 5.15. The van der Waals surface area contributed by atoms with Crippen LogP contribution in [0.1, 0.15) is 18.4 Å². The Hall–Kier alpha value is -0.950. The van der Waals surface area contributed by atoms with Gasteiger partial charge in [0.2, 0.25) is 10.0 Å². The van der Waals surface area contributed by atoms with Crippen molar-refractivity contribution in [2.24, 2.45) is 0 Å². The molecule has 0 saturated heterocycles. The third-order valence-corrected chi connectivity index (χ3v) is 5.02. The molecule has 1 atom stereocenters. The summed E-state index contributed by atoms with van der Waals surface area (Å²) in [6.07, 6.45) is 2.49. The van der Waals surface area contributed by atoms with Gasteiger partial charge < -0.3 is 10.1 Å². The Morgan fingerprint density at radius 2 is 2.05 bits per heavy atom. The summed E-state index contributed by atoms with van der Waals surface area (Å²) in [5.41, 5.74) is 0.817. The van der Waals surface area contributed by atoms with Gasteiger partial charge in [-0.1, -0.05) is 18.2 Å². The highest BCUT2D eigenvalue weighted by Gasteiger charge is 2.29. The van der Waals surface area contributed by atoms with Gasteiger partial charge in [0.1, 0.15) is 0 Å². The Balaban J connectivity index is 2.20. The van der Waals surface area contributed by atoms with E-state index in [4.69, 9.17) is 4.74 Å². The Morgan fingerprint density at radius 3 is 2.65 bits per heavy atom. The first-order valence-corrected chi connectivity index (χ1v) is 8.31. The minimum Gasteiger partial charge on any atom is -0.383 e. The Morgan fingerprint density at radius 1 is 1.35 bits per heavy atom. The van der Waals surface area contributed by atoms with Crippen LogP contribution in [0.25, 0.3) is 0 Å². The van der Waals surface area contributed by atoms with Crippen LogP contribution in [-0.4, -0.2) is 41.3 Å². The van der Waals surface area contributed by atoms with Crippen LogP contribution in [0.5, 0.6) is 0 Å². The molecular formula is C14H22N2O3S. The zero-order valence-corrected chi connectivity index (χ0v) is 12.7. The fourth-order valence-electron chi connectivity index (χ4n) is 2.13. The SMILES string of the molecule is CNC(COC)Cc1ccccc1S(=O)(=O)NC1CC1. The van der Waals surface area contributed by atoms with Crippen LogP contribution < -0.4 is 10.0 Å². The number of hydrogen-bond acceptors (Lipinski definition) is 4. The monoisotopic (exact) mass is 298 g/mol. The average molecular weight is 298 g/mol. The summed E-state index contributed by atoms with van der Waals surface area (Å²) in [5, 5.41) is 3.14. The second-order valence-corrected chi connectivity index (χ2v) is 6.83. The quantitative estimate of drug-likeness (QED) is 0.748. The number of hydrogen-bond donors (Lipinski definition) is 2. The second kappa shape index (κ2) is 6.67. The van der Waals surface area contributed by atoms with Gasteiger partial charge in [-0.15, -0.1) is 0 Å². The van der Waals surface area contributed by atoms with Gasteiger partial charge in [0.15, 0.2) is 0 Å². The topological polar surface area (TPSA) is 67.4 Å². The first kappa shape index (κ1) is 15.4. The van der Waals surface area contributed by atoms with Crippen molar-refractivity contribution in [1.82, 2.24) is 10.0 Å². The van der Waals surface area contributed by atoms with Gasteiger partial charge in [0, 0.05) is 19.2 Å². The molecule has 0 aromatic heterocycles. The maximum Gasteiger partial charge on any atom is 0.241 e. The Bertz CT molecular complexity index is 541. The molecular weight excluding hydrogens is 276 g/mol. The molecule has 2 N–H and O–H groups in total. The zero-order valence-electron chi connectivity index (χ0n) is 11.9. The molecule has 20 heavy (non-hydrogen) atoms. The van der Waals surface area contributed by atoms with Gasteiger partial charge in [-0.05, 0) is 37.9 Å². The Kier molecular flexibility index (Phi) is 5.15. The number of nitrogens with one attached hydrogen (secondary N) is 2. The molecule has 1 fully saturated rings. The van der Waals surface area contributed by atoms with E-state index in [-0.39, 0.29) is 12.1 Å². The van der Waals surface area contributed by atoms with Gasteiger partial charge in [0.05, 0.1) is 11.5 Å². The number of ether oxygens (including phenoxy) is 1. The lowest BCUT2D eigenvalue weighted by Crippen LogP contribution is -2.33. The Labute approximate surface area is 120 Å². The molecule has 1 aromatic carbocycles. The fourth-order valence-corrected chi connectivity index (χ4v) is 3.69. The van der Waals surface area contributed by atoms with Gasteiger partial charge in [0.25, 0.3) is 0 Å². The molecule has 6 heteroatoms. The molecule has 0 heterocycles. The van der Waals surface area contributed by atoms with Crippen molar-refractivity contribution in [3.05, 3.63) is 29.8 Å². The highest BCUT2D eigenvalue weighted by atomic mass is 32.2. The predicted octanol–water partition coefficient (Wildman–Crippen LogP) is 0.904. The van der Waals surface area contributed by atoms with Crippen LogP contribution in [0, 0.1) is 0 Å². The van der Waals surface area contributed by atoms with Gasteiger partial charge in [-0.3, -0.25) is 0 Å². The van der Waals surface area contributed by atoms with Crippen molar-refractivity contribution in [3.63, 3.8) is 0 Å². The third kappa shape index (κ3) is 4.02. The minimum atomic E-state index is -3.42. The molecule has 0 radical (unpaired) electrons. The molecule has 1 aliphatic rings. The molecule has 1 aromatic rings. The van der Waals surface area contributed by atoms with Crippen LogP contribution in [0.15, 0.2) is 29.2 Å². The molecule has 0 amide bonds. The molecule has 112 valence electrons. The number of rotatable bonds is 8. The maximum absolute atomic E-state index is 12.4. The lowest BCUT2D eigenvalue weighted by molar-refractivity contribution is 0.169. The minimum absolute atomic E-state index is 0.0947. The van der Waals surface area contributed by atoms with E-state index in [1.54, 1.807) is 19.2 Å². The van der Waals surface area contributed by atoms with E-state index in [0.717, 1.165) is 18.4 Å². The van der Waals surface area contributed by atoms with E-state index in [0.29, 0.717) is 17.9 Å². The van der Waals surface area contributed by atoms with Crippen molar-refractivity contribution in [3.8, 4) is 0 Å². The van der Waals surface area contributed by atoms with Crippen molar-refractivity contribution in [1.29, 1.82) is 0 Å².